The summed E-state index contributed by atoms with van der Waals surface area (Å²) in [4.78, 5) is 12.0. The van der Waals surface area contributed by atoms with Crippen molar-refractivity contribution in [2.24, 2.45) is 0 Å². The van der Waals surface area contributed by atoms with E-state index in [1.807, 2.05) is 42.5 Å². The maximum atomic E-state index is 12.0. The molecule has 3 heteroatoms. The van der Waals surface area contributed by atoms with E-state index in [0.29, 0.717) is 18.0 Å². The molecule has 0 radical (unpaired) electrons. The van der Waals surface area contributed by atoms with Gasteiger partial charge in [-0.3, -0.25) is 4.79 Å². The maximum Gasteiger partial charge on any atom is 0.251 e. The van der Waals surface area contributed by atoms with Crippen molar-refractivity contribution in [3.63, 3.8) is 0 Å². The molecule has 0 saturated heterocycles. The summed E-state index contributed by atoms with van der Waals surface area (Å²) in [7, 11) is 0. The third-order valence-electron chi connectivity index (χ3n) is 3.04. The largest absolute Gasteiger partial charge is 0.351 e. The molecule has 2 aromatic rings. The van der Waals surface area contributed by atoms with E-state index in [1.165, 1.54) is 5.56 Å². The molecule has 0 aliphatic rings. The van der Waals surface area contributed by atoms with Crippen LogP contribution in [0.25, 0.3) is 0 Å². The zero-order chi connectivity index (χ0) is 13.7. The Bertz CT molecular complexity index is 536. The lowest BCUT2D eigenvalue weighted by Gasteiger charge is -2.13. The molecule has 0 saturated carbocycles. The number of rotatable bonds is 4. The van der Waals surface area contributed by atoms with Gasteiger partial charge in [0, 0.05) is 15.7 Å². The van der Waals surface area contributed by atoms with Crippen LogP contribution in [0.2, 0.25) is 0 Å². The van der Waals surface area contributed by atoms with E-state index in [4.69, 9.17) is 0 Å². The highest BCUT2D eigenvalue weighted by molar-refractivity contribution is 14.1. The molecule has 2 rings (SSSR count). The van der Waals surface area contributed by atoms with Gasteiger partial charge in [0.05, 0.1) is 0 Å². The molecule has 2 aromatic carbocycles. The number of nitrogens with one attached hydrogen (secondary N) is 1. The summed E-state index contributed by atoms with van der Waals surface area (Å²) in [6.07, 6.45) is 0. The lowest BCUT2D eigenvalue weighted by atomic mass is 10.0. The van der Waals surface area contributed by atoms with Gasteiger partial charge in [0.25, 0.3) is 5.91 Å². The molecule has 0 aromatic heterocycles. The summed E-state index contributed by atoms with van der Waals surface area (Å²) in [5, 5.41) is 2.98. The van der Waals surface area contributed by atoms with Crippen LogP contribution in [0.3, 0.4) is 0 Å². The molecule has 0 spiro atoms. The highest BCUT2D eigenvalue weighted by atomic mass is 127. The molecule has 1 N–H and O–H groups in total. The van der Waals surface area contributed by atoms with Crippen molar-refractivity contribution >= 4 is 28.5 Å². The van der Waals surface area contributed by atoms with E-state index >= 15 is 0 Å². The minimum Gasteiger partial charge on any atom is -0.351 e. The van der Waals surface area contributed by atoms with Crippen LogP contribution in [0.5, 0.6) is 0 Å². The molecule has 2 nitrogen and oxygen atoms in total. The predicted octanol–water partition coefficient (Wildman–Crippen LogP) is 3.82. The first-order chi connectivity index (χ1) is 9.16. The van der Waals surface area contributed by atoms with Crippen molar-refractivity contribution in [2.75, 3.05) is 6.54 Å². The van der Waals surface area contributed by atoms with Gasteiger partial charge in [-0.25, -0.2) is 0 Å². The third kappa shape index (κ3) is 4.06. The van der Waals surface area contributed by atoms with Gasteiger partial charge < -0.3 is 5.32 Å². The molecular weight excluding hydrogens is 349 g/mol. The molecule has 0 aliphatic heterocycles. The maximum absolute atomic E-state index is 12.0. The number of hydrogen-bond donors (Lipinski definition) is 1. The van der Waals surface area contributed by atoms with Crippen molar-refractivity contribution < 1.29 is 4.79 Å². The summed E-state index contributed by atoms with van der Waals surface area (Å²) in [5.74, 6) is 0.299. The third-order valence-corrected chi connectivity index (χ3v) is 3.76. The van der Waals surface area contributed by atoms with Crippen LogP contribution in [0.4, 0.5) is 0 Å². The van der Waals surface area contributed by atoms with Gasteiger partial charge >= 0.3 is 0 Å². The van der Waals surface area contributed by atoms with E-state index in [0.717, 1.165) is 3.57 Å². The average molecular weight is 365 g/mol. The van der Waals surface area contributed by atoms with Gasteiger partial charge in [-0.1, -0.05) is 37.3 Å². The van der Waals surface area contributed by atoms with E-state index in [2.05, 4.69) is 47.0 Å². The van der Waals surface area contributed by atoms with Gasteiger partial charge in [0.2, 0.25) is 0 Å². The first-order valence-corrected chi connectivity index (χ1v) is 7.33. The summed E-state index contributed by atoms with van der Waals surface area (Å²) in [6, 6.07) is 17.8. The Morgan fingerprint density at radius 3 is 2.37 bits per heavy atom. The monoisotopic (exact) mass is 365 g/mol. The lowest BCUT2D eigenvalue weighted by Crippen LogP contribution is -2.27. The van der Waals surface area contributed by atoms with Crippen LogP contribution in [0, 0.1) is 3.57 Å². The van der Waals surface area contributed by atoms with Crippen LogP contribution in [-0.4, -0.2) is 12.5 Å². The fourth-order valence-electron chi connectivity index (χ4n) is 1.85. The van der Waals surface area contributed by atoms with E-state index in [1.54, 1.807) is 0 Å². The second-order valence-electron chi connectivity index (χ2n) is 4.53. The number of halogens is 1. The number of hydrogen-bond acceptors (Lipinski definition) is 1. The standard InChI is InChI=1S/C16H16INO/c1-12(13-5-3-2-4-6-13)11-18-16(19)14-7-9-15(17)10-8-14/h2-10,12H,11H2,1H3,(H,18,19). The van der Waals surface area contributed by atoms with Crippen LogP contribution in [0.15, 0.2) is 54.6 Å². The number of benzene rings is 2. The number of amides is 1. The van der Waals surface area contributed by atoms with E-state index < -0.39 is 0 Å². The van der Waals surface area contributed by atoms with Crippen LogP contribution < -0.4 is 5.32 Å². The molecule has 0 fully saturated rings. The summed E-state index contributed by atoms with van der Waals surface area (Å²) < 4.78 is 1.13. The molecule has 1 atom stereocenters. The number of carbonyl (C=O) groups is 1. The van der Waals surface area contributed by atoms with Crippen molar-refractivity contribution in [1.82, 2.24) is 5.32 Å². The second-order valence-corrected chi connectivity index (χ2v) is 5.77. The van der Waals surface area contributed by atoms with Crippen molar-refractivity contribution in [2.45, 2.75) is 12.8 Å². The van der Waals surface area contributed by atoms with Gasteiger partial charge in [0.1, 0.15) is 0 Å². The Hall–Kier alpha value is -1.36. The minimum atomic E-state index is -0.0146. The van der Waals surface area contributed by atoms with Crippen LogP contribution in [0.1, 0.15) is 28.8 Å². The Morgan fingerprint density at radius 1 is 1.11 bits per heavy atom. The average Bonchev–Trinajstić information content (AvgIpc) is 2.46. The highest BCUT2D eigenvalue weighted by Gasteiger charge is 2.08. The number of carbonyl (C=O) groups excluding carboxylic acids is 1. The van der Waals surface area contributed by atoms with Crippen molar-refractivity contribution in [3.8, 4) is 0 Å². The molecule has 1 unspecified atom stereocenters. The lowest BCUT2D eigenvalue weighted by molar-refractivity contribution is 0.0951. The molecule has 0 aliphatic carbocycles. The summed E-state index contributed by atoms with van der Waals surface area (Å²) in [6.45, 7) is 2.76. The summed E-state index contributed by atoms with van der Waals surface area (Å²) in [5.41, 5.74) is 1.95. The van der Waals surface area contributed by atoms with Crippen LogP contribution in [-0.2, 0) is 0 Å². The fraction of sp³-hybridized carbons (Fsp3) is 0.188. The second kappa shape index (κ2) is 6.70. The quantitative estimate of drug-likeness (QED) is 0.820. The molecular formula is C16H16INO. The normalized spacial score (nSPS) is 11.9. The van der Waals surface area contributed by atoms with Gasteiger partial charge in [-0.15, -0.1) is 0 Å². The Balaban J connectivity index is 1.92. The SMILES string of the molecule is CC(CNC(=O)c1ccc(I)cc1)c1ccccc1. The van der Waals surface area contributed by atoms with Crippen molar-refractivity contribution in [1.29, 1.82) is 0 Å². The zero-order valence-electron chi connectivity index (χ0n) is 10.8. The van der Waals surface area contributed by atoms with Gasteiger partial charge in [-0.2, -0.15) is 0 Å². The van der Waals surface area contributed by atoms with Gasteiger partial charge in [0.15, 0.2) is 0 Å². The van der Waals surface area contributed by atoms with Crippen molar-refractivity contribution in [3.05, 3.63) is 69.3 Å². The van der Waals surface area contributed by atoms with E-state index in [9.17, 15) is 4.79 Å². The van der Waals surface area contributed by atoms with E-state index in [-0.39, 0.29) is 5.91 Å². The highest BCUT2D eigenvalue weighted by Crippen LogP contribution is 2.13. The first-order valence-electron chi connectivity index (χ1n) is 6.25. The summed E-state index contributed by atoms with van der Waals surface area (Å²) >= 11 is 2.23. The predicted molar refractivity (Wildman–Crippen MR) is 86.3 cm³/mol. The zero-order valence-corrected chi connectivity index (χ0v) is 12.9. The molecule has 19 heavy (non-hydrogen) atoms. The fourth-order valence-corrected chi connectivity index (χ4v) is 2.21. The van der Waals surface area contributed by atoms with Gasteiger partial charge in [-0.05, 0) is 58.3 Å². The molecule has 1 amide bonds. The smallest absolute Gasteiger partial charge is 0.251 e. The Kier molecular flexibility index (Phi) is 4.96. The minimum absolute atomic E-state index is 0.0146. The first kappa shape index (κ1) is 14.1. The Morgan fingerprint density at radius 2 is 1.74 bits per heavy atom. The topological polar surface area (TPSA) is 29.1 Å². The molecule has 0 bridgehead atoms. The van der Waals surface area contributed by atoms with Crippen LogP contribution >= 0.6 is 22.6 Å². The Labute approximate surface area is 127 Å². The molecule has 98 valence electrons. The molecule has 0 heterocycles.